The Kier molecular flexibility index (Phi) is 4.83. The van der Waals surface area contributed by atoms with Crippen LogP contribution in [-0.2, 0) is 16.8 Å². The highest BCUT2D eigenvalue weighted by Gasteiger charge is 2.44. The second kappa shape index (κ2) is 6.90. The third kappa shape index (κ3) is 3.27. The molecule has 0 aliphatic heterocycles. The van der Waals surface area contributed by atoms with Crippen molar-refractivity contribution in [2.45, 2.75) is 44.2 Å². The van der Waals surface area contributed by atoms with E-state index in [2.05, 4.69) is 4.98 Å². The highest BCUT2D eigenvalue weighted by Crippen LogP contribution is 2.42. The van der Waals surface area contributed by atoms with E-state index in [9.17, 15) is 18.0 Å². The van der Waals surface area contributed by atoms with Crippen molar-refractivity contribution in [2.24, 2.45) is 0 Å². The lowest BCUT2D eigenvalue weighted by atomic mass is 9.77. The molecule has 0 radical (unpaired) electrons. The zero-order valence-electron chi connectivity index (χ0n) is 14.0. The summed E-state index contributed by atoms with van der Waals surface area (Å²) in [4.78, 5) is 18.5. The number of aromatic nitrogens is 2. The lowest BCUT2D eigenvalue weighted by Gasteiger charge is -2.33. The fraction of sp³-hybridized carbons (Fsp3) is 0.444. The molecular weight excluding hydrogens is 331 g/mol. The van der Waals surface area contributed by atoms with Gasteiger partial charge in [-0.25, -0.2) is 9.37 Å². The summed E-state index contributed by atoms with van der Waals surface area (Å²) in [5.74, 6) is -0.440. The maximum absolute atomic E-state index is 13.7. The number of benzene rings is 1. The van der Waals surface area contributed by atoms with Gasteiger partial charge in [0.05, 0.1) is 12.0 Å². The van der Waals surface area contributed by atoms with Gasteiger partial charge in [-0.05, 0) is 30.5 Å². The highest BCUT2D eigenvalue weighted by molar-refractivity contribution is 5.88. The molecule has 0 bridgehead atoms. The molecule has 1 aromatic heterocycles. The van der Waals surface area contributed by atoms with Gasteiger partial charge < -0.3 is 4.90 Å². The van der Waals surface area contributed by atoms with Gasteiger partial charge in [-0.1, -0.05) is 25.0 Å². The van der Waals surface area contributed by atoms with Crippen molar-refractivity contribution >= 4 is 5.91 Å². The lowest BCUT2D eigenvalue weighted by Crippen LogP contribution is -2.43. The molecular formula is C18H20F3N3O. The van der Waals surface area contributed by atoms with E-state index < -0.39 is 12.0 Å². The van der Waals surface area contributed by atoms with Crippen LogP contribution in [0, 0.1) is 5.82 Å². The Morgan fingerprint density at radius 3 is 2.72 bits per heavy atom. The fourth-order valence-electron chi connectivity index (χ4n) is 3.68. The molecule has 3 rings (SSSR count). The second-order valence-corrected chi connectivity index (χ2v) is 6.49. The summed E-state index contributed by atoms with van der Waals surface area (Å²) in [7, 11) is 1.58. The average Bonchev–Trinajstić information content (AvgIpc) is 3.24. The van der Waals surface area contributed by atoms with Crippen LogP contribution in [0.15, 0.2) is 36.7 Å². The smallest absolute Gasteiger partial charge is 0.319 e. The van der Waals surface area contributed by atoms with E-state index >= 15 is 0 Å². The predicted octanol–water partition coefficient (Wildman–Crippen LogP) is 3.89. The molecule has 2 aromatic rings. The molecule has 4 nitrogen and oxygen atoms in total. The van der Waals surface area contributed by atoms with E-state index in [0.29, 0.717) is 18.4 Å². The summed E-state index contributed by atoms with van der Waals surface area (Å²) in [6.07, 6.45) is 5.49. The van der Waals surface area contributed by atoms with Gasteiger partial charge in [0.15, 0.2) is 0 Å². The molecule has 1 fully saturated rings. The molecule has 0 spiro atoms. The minimum atomic E-state index is -2.70. The number of hydrogen-bond donors (Lipinski definition) is 0. The number of rotatable bonds is 5. The standard InChI is InChI=1S/C18H20F3N3O/c1-23(12-15-22-9-10-24(15)17(20)21)16(25)18(7-2-3-8-18)13-5-4-6-14(19)11-13/h4-6,9-11,17H,2-3,7-8,12H2,1H3. The Bertz CT molecular complexity index is 754. The monoisotopic (exact) mass is 351 g/mol. The number of carbonyl (C=O) groups excluding carboxylic acids is 1. The van der Waals surface area contributed by atoms with Crippen LogP contribution < -0.4 is 0 Å². The molecule has 1 aliphatic rings. The quantitative estimate of drug-likeness (QED) is 0.820. The van der Waals surface area contributed by atoms with Crippen molar-refractivity contribution < 1.29 is 18.0 Å². The van der Waals surface area contributed by atoms with Gasteiger partial charge in [-0.15, -0.1) is 0 Å². The Balaban J connectivity index is 1.87. The van der Waals surface area contributed by atoms with Crippen molar-refractivity contribution in [2.75, 3.05) is 7.05 Å². The normalized spacial score (nSPS) is 16.4. The summed E-state index contributed by atoms with van der Waals surface area (Å²) in [5, 5.41) is 0. The van der Waals surface area contributed by atoms with Crippen LogP contribution in [0.25, 0.3) is 0 Å². The first-order valence-electron chi connectivity index (χ1n) is 8.25. The first-order valence-corrected chi connectivity index (χ1v) is 8.25. The fourth-order valence-corrected chi connectivity index (χ4v) is 3.68. The van der Waals surface area contributed by atoms with Crippen LogP contribution in [0.4, 0.5) is 13.2 Å². The second-order valence-electron chi connectivity index (χ2n) is 6.49. The third-order valence-corrected chi connectivity index (χ3v) is 4.93. The van der Waals surface area contributed by atoms with Crippen molar-refractivity contribution in [3.8, 4) is 0 Å². The molecule has 1 saturated carbocycles. The van der Waals surface area contributed by atoms with Crippen LogP contribution in [0.3, 0.4) is 0 Å². The Morgan fingerprint density at radius 2 is 2.08 bits per heavy atom. The summed E-state index contributed by atoms with van der Waals surface area (Å²) in [5.41, 5.74) is -0.141. The van der Waals surface area contributed by atoms with E-state index in [1.807, 2.05) is 0 Å². The Morgan fingerprint density at radius 1 is 1.36 bits per heavy atom. The van der Waals surface area contributed by atoms with Crippen LogP contribution in [0.2, 0.25) is 0 Å². The maximum atomic E-state index is 13.7. The van der Waals surface area contributed by atoms with Gasteiger partial charge >= 0.3 is 6.55 Å². The lowest BCUT2D eigenvalue weighted by molar-refractivity contribution is -0.136. The van der Waals surface area contributed by atoms with E-state index in [0.717, 1.165) is 17.4 Å². The molecule has 1 aliphatic carbocycles. The minimum absolute atomic E-state index is 0.0206. The number of alkyl halides is 2. The molecule has 0 atom stereocenters. The molecule has 0 N–H and O–H groups in total. The number of hydrogen-bond acceptors (Lipinski definition) is 2. The van der Waals surface area contributed by atoms with Gasteiger partial charge in [0.25, 0.3) is 0 Å². The molecule has 1 amide bonds. The third-order valence-electron chi connectivity index (χ3n) is 4.93. The van der Waals surface area contributed by atoms with E-state index in [1.54, 1.807) is 19.2 Å². The van der Waals surface area contributed by atoms with Crippen LogP contribution >= 0.6 is 0 Å². The molecule has 1 heterocycles. The van der Waals surface area contributed by atoms with E-state index in [4.69, 9.17) is 0 Å². The van der Waals surface area contributed by atoms with Gasteiger partial charge in [0, 0.05) is 19.4 Å². The molecule has 7 heteroatoms. The van der Waals surface area contributed by atoms with E-state index in [1.165, 1.54) is 29.4 Å². The summed E-state index contributed by atoms with van der Waals surface area (Å²) in [6.45, 7) is -2.72. The summed E-state index contributed by atoms with van der Waals surface area (Å²) < 4.78 is 40.4. The number of likely N-dealkylation sites (N-methyl/N-ethyl adjacent to an activating group) is 1. The van der Waals surface area contributed by atoms with Crippen LogP contribution in [-0.4, -0.2) is 27.4 Å². The van der Waals surface area contributed by atoms with Crippen molar-refractivity contribution in [3.63, 3.8) is 0 Å². The first-order chi connectivity index (χ1) is 11.9. The van der Waals surface area contributed by atoms with Crippen molar-refractivity contribution in [1.82, 2.24) is 14.5 Å². The summed E-state index contributed by atoms with van der Waals surface area (Å²) >= 11 is 0. The molecule has 1 aromatic carbocycles. The van der Waals surface area contributed by atoms with Crippen molar-refractivity contribution in [3.05, 3.63) is 53.9 Å². The van der Waals surface area contributed by atoms with Gasteiger partial charge in [-0.2, -0.15) is 8.78 Å². The molecule has 25 heavy (non-hydrogen) atoms. The highest BCUT2D eigenvalue weighted by atomic mass is 19.3. The number of amides is 1. The Labute approximate surface area is 144 Å². The van der Waals surface area contributed by atoms with Crippen molar-refractivity contribution in [1.29, 1.82) is 0 Å². The number of carbonyl (C=O) groups is 1. The SMILES string of the molecule is CN(Cc1nccn1C(F)F)C(=O)C1(c2cccc(F)c2)CCCC1. The Hall–Kier alpha value is -2.31. The topological polar surface area (TPSA) is 38.1 Å². The number of halogens is 3. The number of imidazole rings is 1. The predicted molar refractivity (Wildman–Crippen MR) is 86.5 cm³/mol. The molecule has 0 unspecified atom stereocenters. The van der Waals surface area contributed by atoms with Gasteiger partial charge in [-0.3, -0.25) is 9.36 Å². The number of nitrogens with zero attached hydrogens (tertiary/aromatic N) is 3. The van der Waals surface area contributed by atoms with Crippen LogP contribution in [0.1, 0.15) is 43.6 Å². The van der Waals surface area contributed by atoms with Crippen LogP contribution in [0.5, 0.6) is 0 Å². The molecule has 0 saturated heterocycles. The first kappa shape index (κ1) is 17.5. The zero-order valence-corrected chi connectivity index (χ0v) is 14.0. The summed E-state index contributed by atoms with van der Waals surface area (Å²) in [6, 6.07) is 6.11. The average molecular weight is 351 g/mol. The van der Waals surface area contributed by atoms with Gasteiger partial charge in [0.2, 0.25) is 5.91 Å². The minimum Gasteiger partial charge on any atom is -0.338 e. The maximum Gasteiger partial charge on any atom is 0.319 e. The molecule has 134 valence electrons. The van der Waals surface area contributed by atoms with Gasteiger partial charge in [0.1, 0.15) is 11.6 Å². The van der Waals surface area contributed by atoms with E-state index in [-0.39, 0.29) is 24.1 Å². The largest absolute Gasteiger partial charge is 0.338 e. The zero-order chi connectivity index (χ0) is 18.0.